The highest BCUT2D eigenvalue weighted by atomic mass is 16.7. The van der Waals surface area contributed by atoms with E-state index in [-0.39, 0.29) is 6.29 Å². The molecule has 0 aromatic rings. The first-order valence-electron chi connectivity index (χ1n) is 7.39. The lowest BCUT2D eigenvalue weighted by Crippen LogP contribution is -2.23. The van der Waals surface area contributed by atoms with E-state index in [1.807, 2.05) is 13.8 Å². The summed E-state index contributed by atoms with van der Waals surface area (Å²) in [5, 5.41) is 10.2. The topological polar surface area (TPSA) is 51.1 Å². The lowest BCUT2D eigenvalue weighted by molar-refractivity contribution is -0.163. The summed E-state index contributed by atoms with van der Waals surface area (Å²) in [4.78, 5) is 4.23. The van der Waals surface area contributed by atoms with Gasteiger partial charge in [0, 0.05) is 19.4 Å². The van der Waals surface area contributed by atoms with E-state index in [1.54, 1.807) is 12.3 Å². The molecule has 1 aliphatic heterocycles. The summed E-state index contributed by atoms with van der Waals surface area (Å²) in [5.41, 5.74) is 1.74. The molecule has 1 aliphatic rings. The van der Waals surface area contributed by atoms with Crippen molar-refractivity contribution in [1.29, 1.82) is 0 Å². The third-order valence-corrected chi connectivity index (χ3v) is 3.21. The SMILES string of the molecule is C=CC=NC(=C(C)C)C(O)CCCOC1CCCCO1. The molecule has 1 fully saturated rings. The van der Waals surface area contributed by atoms with Crippen molar-refractivity contribution in [2.24, 2.45) is 4.99 Å². The van der Waals surface area contributed by atoms with Crippen molar-refractivity contribution in [2.75, 3.05) is 13.2 Å². The van der Waals surface area contributed by atoms with Crippen molar-refractivity contribution in [2.45, 2.75) is 58.3 Å². The van der Waals surface area contributed by atoms with E-state index in [0.29, 0.717) is 13.0 Å². The largest absolute Gasteiger partial charge is 0.387 e. The average Bonchev–Trinajstić information content (AvgIpc) is 2.45. The molecule has 1 heterocycles. The number of hydrogen-bond donors (Lipinski definition) is 1. The van der Waals surface area contributed by atoms with Gasteiger partial charge in [0.2, 0.25) is 0 Å². The Morgan fingerprint density at radius 1 is 1.50 bits per heavy atom. The predicted molar refractivity (Wildman–Crippen MR) is 81.8 cm³/mol. The van der Waals surface area contributed by atoms with Crippen molar-refractivity contribution in [3.63, 3.8) is 0 Å². The van der Waals surface area contributed by atoms with Gasteiger partial charge in [-0.1, -0.05) is 18.2 Å². The molecule has 2 unspecified atom stereocenters. The monoisotopic (exact) mass is 281 g/mol. The molecule has 1 N–H and O–H groups in total. The lowest BCUT2D eigenvalue weighted by atomic mass is 10.1. The maximum absolute atomic E-state index is 10.2. The van der Waals surface area contributed by atoms with Gasteiger partial charge in [0.15, 0.2) is 6.29 Å². The maximum Gasteiger partial charge on any atom is 0.157 e. The van der Waals surface area contributed by atoms with Crippen molar-refractivity contribution < 1.29 is 14.6 Å². The number of aliphatic imine (C=N–C) groups is 1. The number of rotatable bonds is 8. The summed E-state index contributed by atoms with van der Waals surface area (Å²) in [7, 11) is 0. The number of aliphatic hydroxyl groups excluding tert-OH is 1. The zero-order valence-electron chi connectivity index (χ0n) is 12.7. The molecule has 0 aliphatic carbocycles. The molecule has 0 saturated carbocycles. The summed E-state index contributed by atoms with van der Waals surface area (Å²) < 4.78 is 11.1. The quantitative estimate of drug-likeness (QED) is 0.549. The van der Waals surface area contributed by atoms with Crippen LogP contribution in [0.3, 0.4) is 0 Å². The predicted octanol–water partition coefficient (Wildman–Crippen LogP) is 3.22. The van der Waals surface area contributed by atoms with Crippen LogP contribution in [-0.4, -0.2) is 36.9 Å². The van der Waals surface area contributed by atoms with Gasteiger partial charge in [0.05, 0.1) is 11.8 Å². The smallest absolute Gasteiger partial charge is 0.157 e. The third kappa shape index (κ3) is 6.46. The molecule has 0 radical (unpaired) electrons. The standard InChI is InChI=1S/C16H27NO3/c1-4-10-17-16(13(2)3)14(18)8-7-12-20-15-9-5-6-11-19-15/h4,10,14-15,18H,1,5-9,11-12H2,2-3H3. The van der Waals surface area contributed by atoms with Gasteiger partial charge in [-0.3, -0.25) is 4.99 Å². The molecule has 0 aromatic heterocycles. The van der Waals surface area contributed by atoms with Crippen molar-refractivity contribution in [3.05, 3.63) is 23.9 Å². The zero-order valence-corrected chi connectivity index (χ0v) is 12.7. The second-order valence-corrected chi connectivity index (χ2v) is 5.22. The molecule has 4 heteroatoms. The Hall–Kier alpha value is -0.970. The van der Waals surface area contributed by atoms with Gasteiger partial charge in [-0.2, -0.15) is 0 Å². The molecule has 0 bridgehead atoms. The molecule has 0 amide bonds. The van der Waals surface area contributed by atoms with Crippen molar-refractivity contribution in [1.82, 2.24) is 0 Å². The summed E-state index contributed by atoms with van der Waals surface area (Å²) in [5.74, 6) is 0. The van der Waals surface area contributed by atoms with Gasteiger partial charge >= 0.3 is 0 Å². The first-order valence-corrected chi connectivity index (χ1v) is 7.39. The zero-order chi connectivity index (χ0) is 14.8. The molecule has 0 aromatic carbocycles. The molecule has 4 nitrogen and oxygen atoms in total. The fourth-order valence-corrected chi connectivity index (χ4v) is 2.15. The van der Waals surface area contributed by atoms with Crippen LogP contribution in [0.2, 0.25) is 0 Å². The van der Waals surface area contributed by atoms with E-state index < -0.39 is 6.10 Å². The van der Waals surface area contributed by atoms with Crippen LogP contribution in [0.15, 0.2) is 28.9 Å². The molecular formula is C16H27NO3. The third-order valence-electron chi connectivity index (χ3n) is 3.21. The Labute approximate surface area is 122 Å². The van der Waals surface area contributed by atoms with Gasteiger partial charge < -0.3 is 14.6 Å². The summed E-state index contributed by atoms with van der Waals surface area (Å²) in [6, 6.07) is 0. The Morgan fingerprint density at radius 2 is 2.30 bits per heavy atom. The van der Waals surface area contributed by atoms with E-state index in [1.165, 1.54) is 6.42 Å². The van der Waals surface area contributed by atoms with Crippen LogP contribution in [-0.2, 0) is 9.47 Å². The number of aliphatic hydroxyl groups is 1. The molecule has 1 rings (SSSR count). The van der Waals surface area contributed by atoms with Crippen LogP contribution in [0.1, 0.15) is 46.0 Å². The molecule has 2 atom stereocenters. The van der Waals surface area contributed by atoms with Crippen LogP contribution >= 0.6 is 0 Å². The Balaban J connectivity index is 2.27. The molecule has 20 heavy (non-hydrogen) atoms. The summed E-state index contributed by atoms with van der Waals surface area (Å²) >= 11 is 0. The van der Waals surface area contributed by atoms with Crippen LogP contribution in [0.4, 0.5) is 0 Å². The molecule has 114 valence electrons. The normalized spacial score (nSPS) is 20.9. The minimum Gasteiger partial charge on any atom is -0.387 e. The number of allylic oxidation sites excluding steroid dienone is 2. The van der Waals surface area contributed by atoms with Gasteiger partial charge in [0.1, 0.15) is 0 Å². The van der Waals surface area contributed by atoms with Gasteiger partial charge in [-0.25, -0.2) is 0 Å². The van der Waals surface area contributed by atoms with Gasteiger partial charge in [-0.15, -0.1) is 0 Å². The Kier molecular flexibility index (Phi) is 8.42. The fraction of sp³-hybridized carbons (Fsp3) is 0.688. The van der Waals surface area contributed by atoms with Gasteiger partial charge in [0.25, 0.3) is 0 Å². The number of hydrogen-bond acceptors (Lipinski definition) is 4. The van der Waals surface area contributed by atoms with E-state index in [2.05, 4.69) is 11.6 Å². The summed E-state index contributed by atoms with van der Waals surface area (Å²) in [6.07, 6.45) is 7.33. The van der Waals surface area contributed by atoms with Crippen LogP contribution < -0.4 is 0 Å². The van der Waals surface area contributed by atoms with Crippen LogP contribution in [0, 0.1) is 0 Å². The lowest BCUT2D eigenvalue weighted by Gasteiger charge is -2.23. The highest BCUT2D eigenvalue weighted by molar-refractivity contribution is 5.71. The molecule has 1 saturated heterocycles. The second-order valence-electron chi connectivity index (χ2n) is 5.22. The van der Waals surface area contributed by atoms with E-state index in [9.17, 15) is 5.11 Å². The van der Waals surface area contributed by atoms with Crippen molar-refractivity contribution >= 4 is 6.21 Å². The average molecular weight is 281 g/mol. The Morgan fingerprint density at radius 3 is 2.90 bits per heavy atom. The second kappa shape index (κ2) is 9.86. The first kappa shape index (κ1) is 17.1. The highest BCUT2D eigenvalue weighted by Gasteiger charge is 2.15. The Bertz CT molecular complexity index is 340. The molecular weight excluding hydrogens is 254 g/mol. The molecule has 0 spiro atoms. The highest BCUT2D eigenvalue weighted by Crippen LogP contribution is 2.17. The number of nitrogens with zero attached hydrogens (tertiary/aromatic N) is 1. The van der Waals surface area contributed by atoms with Gasteiger partial charge in [-0.05, 0) is 46.0 Å². The number of ether oxygens (including phenoxy) is 2. The summed E-state index contributed by atoms with van der Waals surface area (Å²) in [6.45, 7) is 8.90. The maximum atomic E-state index is 10.2. The van der Waals surface area contributed by atoms with E-state index >= 15 is 0 Å². The first-order chi connectivity index (χ1) is 9.65. The fourth-order valence-electron chi connectivity index (χ4n) is 2.15. The van der Waals surface area contributed by atoms with E-state index in [0.717, 1.165) is 37.1 Å². The minimum absolute atomic E-state index is 0.0531. The minimum atomic E-state index is -0.549. The van der Waals surface area contributed by atoms with E-state index in [4.69, 9.17) is 9.47 Å². The van der Waals surface area contributed by atoms with Crippen LogP contribution in [0.25, 0.3) is 0 Å². The van der Waals surface area contributed by atoms with Crippen LogP contribution in [0.5, 0.6) is 0 Å². The van der Waals surface area contributed by atoms with Crippen molar-refractivity contribution in [3.8, 4) is 0 Å².